The highest BCUT2D eigenvalue weighted by Gasteiger charge is 2.38. The Hall–Kier alpha value is -3.70. The molecule has 0 unspecified atom stereocenters. The summed E-state index contributed by atoms with van der Waals surface area (Å²) in [6.45, 7) is -0.280. The Morgan fingerprint density at radius 2 is 2.03 bits per heavy atom. The number of halogens is 4. The van der Waals surface area contributed by atoms with E-state index in [1.165, 1.54) is 31.6 Å². The van der Waals surface area contributed by atoms with E-state index in [9.17, 15) is 22.4 Å². The van der Waals surface area contributed by atoms with Gasteiger partial charge in [-0.15, -0.1) is 0 Å². The van der Waals surface area contributed by atoms with Crippen molar-refractivity contribution in [3.05, 3.63) is 59.5 Å². The van der Waals surface area contributed by atoms with E-state index in [0.717, 1.165) is 6.07 Å². The second-order valence-corrected chi connectivity index (χ2v) is 5.89. The van der Waals surface area contributed by atoms with E-state index >= 15 is 0 Å². The lowest BCUT2D eigenvalue weighted by Crippen LogP contribution is -2.24. The first-order valence-electron chi connectivity index (χ1n) is 8.34. The van der Waals surface area contributed by atoms with Crippen LogP contribution in [0.2, 0.25) is 0 Å². The van der Waals surface area contributed by atoms with Gasteiger partial charge in [0.05, 0.1) is 13.3 Å². The zero-order valence-electron chi connectivity index (χ0n) is 15.4. The van der Waals surface area contributed by atoms with Crippen LogP contribution in [0.1, 0.15) is 17.0 Å². The number of benzene rings is 1. The largest absolute Gasteiger partial charge is 0.495 e. The minimum atomic E-state index is -4.80. The number of amides is 1. The minimum absolute atomic E-state index is 0.0106. The molecule has 0 aliphatic heterocycles. The van der Waals surface area contributed by atoms with E-state index in [1.807, 2.05) is 0 Å². The maximum absolute atomic E-state index is 14.2. The lowest BCUT2D eigenvalue weighted by Gasteiger charge is -2.09. The van der Waals surface area contributed by atoms with Crippen molar-refractivity contribution in [1.82, 2.24) is 20.4 Å². The predicted octanol–water partition coefficient (Wildman–Crippen LogP) is 3.72. The molecule has 8 nitrogen and oxygen atoms in total. The summed E-state index contributed by atoms with van der Waals surface area (Å²) in [4.78, 5) is 18.9. The molecule has 1 aromatic carbocycles. The highest BCUT2D eigenvalue weighted by atomic mass is 19.4. The van der Waals surface area contributed by atoms with Gasteiger partial charge in [-0.25, -0.2) is 9.18 Å². The number of alkyl halides is 3. The molecule has 2 heterocycles. The van der Waals surface area contributed by atoms with Crippen LogP contribution in [0.4, 0.5) is 22.4 Å². The number of methoxy groups -OCH3 is 1. The quantitative estimate of drug-likeness (QED) is 0.600. The number of aromatic nitrogens is 3. The van der Waals surface area contributed by atoms with E-state index in [-0.39, 0.29) is 24.3 Å². The van der Waals surface area contributed by atoms with Gasteiger partial charge < -0.3 is 19.3 Å². The Morgan fingerprint density at radius 3 is 2.70 bits per heavy atom. The van der Waals surface area contributed by atoms with E-state index in [4.69, 9.17) is 9.47 Å². The van der Waals surface area contributed by atoms with Crippen molar-refractivity contribution in [2.24, 2.45) is 0 Å². The molecule has 0 aliphatic carbocycles. The summed E-state index contributed by atoms with van der Waals surface area (Å²) in [5, 5.41) is 5.56. The second kappa shape index (κ2) is 8.76. The van der Waals surface area contributed by atoms with Gasteiger partial charge in [-0.05, 0) is 12.1 Å². The molecule has 0 atom stereocenters. The topological polar surface area (TPSA) is 99.4 Å². The zero-order chi connectivity index (χ0) is 21.7. The maximum atomic E-state index is 14.2. The average Bonchev–Trinajstić information content (AvgIpc) is 3.22. The number of alkyl carbamates (subject to hydrolysis) is 1. The summed E-state index contributed by atoms with van der Waals surface area (Å²) in [7, 11) is 1.47. The average molecular weight is 426 g/mol. The smallest absolute Gasteiger partial charge is 0.471 e. The second-order valence-electron chi connectivity index (χ2n) is 5.89. The summed E-state index contributed by atoms with van der Waals surface area (Å²) in [6.07, 6.45) is -2.60. The molecule has 1 N–H and O–H groups in total. The van der Waals surface area contributed by atoms with Crippen molar-refractivity contribution in [1.29, 1.82) is 0 Å². The van der Waals surface area contributed by atoms with Gasteiger partial charge in [0.15, 0.2) is 0 Å². The summed E-state index contributed by atoms with van der Waals surface area (Å²) < 4.78 is 65.9. The number of pyridine rings is 1. The van der Waals surface area contributed by atoms with Gasteiger partial charge in [0.2, 0.25) is 5.82 Å². The first-order chi connectivity index (χ1) is 14.3. The minimum Gasteiger partial charge on any atom is -0.495 e. The molecule has 2 aromatic heterocycles. The molecule has 0 fully saturated rings. The maximum Gasteiger partial charge on any atom is 0.471 e. The van der Waals surface area contributed by atoms with E-state index in [0.29, 0.717) is 11.3 Å². The van der Waals surface area contributed by atoms with Crippen molar-refractivity contribution in [2.45, 2.75) is 19.3 Å². The fourth-order valence-corrected chi connectivity index (χ4v) is 2.31. The normalized spacial score (nSPS) is 11.2. The van der Waals surface area contributed by atoms with Gasteiger partial charge in [0.25, 0.3) is 0 Å². The third-order valence-corrected chi connectivity index (χ3v) is 3.78. The fourth-order valence-electron chi connectivity index (χ4n) is 2.31. The van der Waals surface area contributed by atoms with Crippen molar-refractivity contribution in [2.75, 3.05) is 7.11 Å². The lowest BCUT2D eigenvalue weighted by atomic mass is 10.1. The molecule has 3 rings (SSSR count). The highest BCUT2D eigenvalue weighted by Crippen LogP contribution is 2.29. The third-order valence-electron chi connectivity index (χ3n) is 3.78. The standard InChI is InChI=1S/C18H14F4N4O4/c1-28-13-4-10(6-23-8-13)9-29-17(27)24-7-12-3-2-11(5-14(12)19)15-25-16(30-26-15)18(20,21)22/h2-6,8H,7,9H2,1H3,(H,24,27). The van der Waals surface area contributed by atoms with Crippen LogP contribution in [-0.2, 0) is 24.1 Å². The van der Waals surface area contributed by atoms with Crippen LogP contribution in [0.25, 0.3) is 11.4 Å². The van der Waals surface area contributed by atoms with Crippen molar-refractivity contribution < 1.29 is 36.4 Å². The lowest BCUT2D eigenvalue weighted by molar-refractivity contribution is -0.159. The van der Waals surface area contributed by atoms with Crippen LogP contribution < -0.4 is 10.1 Å². The van der Waals surface area contributed by atoms with Crippen molar-refractivity contribution in [3.63, 3.8) is 0 Å². The number of nitrogens with zero attached hydrogens (tertiary/aromatic N) is 3. The molecule has 0 saturated carbocycles. The monoisotopic (exact) mass is 426 g/mol. The number of ether oxygens (including phenoxy) is 2. The van der Waals surface area contributed by atoms with Crippen LogP contribution in [0, 0.1) is 5.82 Å². The number of carbonyl (C=O) groups is 1. The Balaban J connectivity index is 1.56. The van der Waals surface area contributed by atoms with Gasteiger partial charge in [-0.1, -0.05) is 17.3 Å². The third kappa shape index (κ3) is 5.21. The number of hydrogen-bond donors (Lipinski definition) is 1. The van der Waals surface area contributed by atoms with Crippen LogP contribution in [-0.4, -0.2) is 28.3 Å². The molecular formula is C18H14F4N4O4. The van der Waals surface area contributed by atoms with Gasteiger partial charge >= 0.3 is 18.2 Å². The van der Waals surface area contributed by atoms with Crippen molar-refractivity contribution >= 4 is 6.09 Å². The van der Waals surface area contributed by atoms with E-state index in [2.05, 4.69) is 25.0 Å². The molecule has 158 valence electrons. The van der Waals surface area contributed by atoms with Crippen molar-refractivity contribution in [3.8, 4) is 17.1 Å². The first-order valence-corrected chi connectivity index (χ1v) is 8.34. The van der Waals surface area contributed by atoms with Crippen LogP contribution >= 0.6 is 0 Å². The molecular weight excluding hydrogens is 412 g/mol. The van der Waals surface area contributed by atoms with Crippen LogP contribution in [0.15, 0.2) is 41.2 Å². The van der Waals surface area contributed by atoms with E-state index in [1.54, 1.807) is 6.07 Å². The number of nitrogens with one attached hydrogen (secondary N) is 1. The van der Waals surface area contributed by atoms with Crippen LogP contribution in [0.5, 0.6) is 5.75 Å². The molecule has 3 aromatic rings. The first kappa shape index (κ1) is 21.0. The Kier molecular flexibility index (Phi) is 6.14. The van der Waals surface area contributed by atoms with Gasteiger partial charge in [0, 0.05) is 29.4 Å². The molecule has 0 aliphatic rings. The number of rotatable bonds is 6. The van der Waals surface area contributed by atoms with E-state index < -0.39 is 29.8 Å². The summed E-state index contributed by atoms with van der Waals surface area (Å²) in [5.74, 6) is -2.21. The Morgan fingerprint density at radius 1 is 1.23 bits per heavy atom. The van der Waals surface area contributed by atoms with Gasteiger partial charge in [-0.3, -0.25) is 4.98 Å². The Labute approximate surface area is 166 Å². The van der Waals surface area contributed by atoms with Gasteiger partial charge in [0.1, 0.15) is 18.2 Å². The molecule has 0 bridgehead atoms. The Bertz CT molecular complexity index is 1040. The predicted molar refractivity (Wildman–Crippen MR) is 92.5 cm³/mol. The molecule has 0 spiro atoms. The molecule has 30 heavy (non-hydrogen) atoms. The van der Waals surface area contributed by atoms with Gasteiger partial charge in [-0.2, -0.15) is 18.2 Å². The summed E-state index contributed by atoms with van der Waals surface area (Å²) >= 11 is 0. The van der Waals surface area contributed by atoms with Crippen LogP contribution in [0.3, 0.4) is 0 Å². The summed E-state index contributed by atoms with van der Waals surface area (Å²) in [6, 6.07) is 5.16. The SMILES string of the molecule is COc1cncc(COC(=O)NCc2ccc(-c3noc(C(F)(F)F)n3)cc2F)c1. The molecule has 1 amide bonds. The number of carbonyl (C=O) groups excluding carboxylic acids is 1. The summed E-state index contributed by atoms with van der Waals surface area (Å²) in [5.41, 5.74) is 0.667. The molecule has 0 radical (unpaired) electrons. The highest BCUT2D eigenvalue weighted by molar-refractivity contribution is 5.67. The number of hydrogen-bond acceptors (Lipinski definition) is 7. The zero-order valence-corrected chi connectivity index (χ0v) is 15.4. The molecule has 0 saturated heterocycles. The fraction of sp³-hybridized carbons (Fsp3) is 0.222. The molecule has 12 heteroatoms.